The number of aliphatic hydroxyl groups excluding tert-OH is 1. The van der Waals surface area contributed by atoms with Crippen molar-refractivity contribution < 1.29 is 5.11 Å². The van der Waals surface area contributed by atoms with Crippen molar-refractivity contribution in [2.75, 3.05) is 0 Å². The molecule has 4 aliphatic carbocycles. The Bertz CT molecular complexity index is 1190. The fourth-order valence-corrected chi connectivity index (χ4v) is 7.38. The largest absolute Gasteiger partial charge is 0.386 e. The molecule has 4 aromatic heterocycles. The first-order valence-electron chi connectivity index (χ1n) is 11.3. The molecule has 4 aliphatic rings. The van der Waals surface area contributed by atoms with Crippen LogP contribution in [0.15, 0.2) is 66.0 Å². The molecule has 160 valence electrons. The van der Waals surface area contributed by atoms with Gasteiger partial charge in [-0.2, -0.15) is 0 Å². The van der Waals surface area contributed by atoms with Crippen molar-refractivity contribution in [3.63, 3.8) is 0 Å². The van der Waals surface area contributed by atoms with Crippen LogP contribution in [0.3, 0.4) is 0 Å². The van der Waals surface area contributed by atoms with Crippen LogP contribution in [0.2, 0.25) is 0 Å². The molecule has 4 saturated carbocycles. The number of imidazole rings is 2. The van der Waals surface area contributed by atoms with Crippen molar-refractivity contribution in [2.45, 2.75) is 44.6 Å². The minimum atomic E-state index is -0.344. The summed E-state index contributed by atoms with van der Waals surface area (Å²) in [6.45, 7) is 0. The summed E-state index contributed by atoms with van der Waals surface area (Å²) in [6.07, 6.45) is 14.9. The number of fused-ring (bicyclic) bond motifs is 2. The summed E-state index contributed by atoms with van der Waals surface area (Å²) in [7, 11) is 0. The molecule has 0 amide bonds. The second-order valence-electron chi connectivity index (χ2n) is 9.86. The molecule has 8 rings (SSSR count). The van der Waals surface area contributed by atoms with Gasteiger partial charge in [-0.3, -0.25) is 4.40 Å². The van der Waals surface area contributed by atoms with Gasteiger partial charge in [0.1, 0.15) is 6.33 Å². The lowest BCUT2D eigenvalue weighted by molar-refractivity contribution is -0.123. The normalized spacial score (nSPS) is 29.8. The van der Waals surface area contributed by atoms with E-state index in [0.717, 1.165) is 39.1 Å². The summed E-state index contributed by atoms with van der Waals surface area (Å²) >= 11 is 3.40. The first kappa shape index (κ1) is 19.5. The van der Waals surface area contributed by atoms with Crippen LogP contribution in [0.1, 0.15) is 50.3 Å². The van der Waals surface area contributed by atoms with Crippen molar-refractivity contribution in [2.24, 2.45) is 23.2 Å². The number of nitrogens with zero attached hydrogens (tertiary/aromatic N) is 4. The average Bonchev–Trinajstić information content (AvgIpc) is 3.42. The third-order valence-corrected chi connectivity index (χ3v) is 8.47. The maximum atomic E-state index is 11.3. The number of pyridine rings is 2. The van der Waals surface area contributed by atoms with E-state index in [0.29, 0.717) is 0 Å². The second-order valence-corrected chi connectivity index (χ2v) is 10.7. The van der Waals surface area contributed by atoms with Gasteiger partial charge in [0.2, 0.25) is 0 Å². The highest BCUT2D eigenvalue weighted by Crippen LogP contribution is 2.63. The number of hydrogen-bond acceptors (Lipinski definition) is 3. The Morgan fingerprint density at radius 2 is 1.39 bits per heavy atom. The van der Waals surface area contributed by atoms with Crippen molar-refractivity contribution in [3.8, 4) is 0 Å². The predicted molar refractivity (Wildman–Crippen MR) is 124 cm³/mol. The monoisotopic (exact) mass is 478 g/mol. The summed E-state index contributed by atoms with van der Waals surface area (Å²) in [5.74, 6) is 2.61. The van der Waals surface area contributed by atoms with Crippen molar-refractivity contribution in [1.29, 1.82) is 0 Å². The fourth-order valence-electron chi connectivity index (χ4n) is 6.93. The Labute approximate surface area is 190 Å². The first-order chi connectivity index (χ1) is 15.1. The number of halogens is 1. The number of aliphatic hydroxyl groups is 1. The molecule has 5 nitrogen and oxygen atoms in total. The average molecular weight is 479 g/mol. The molecule has 31 heavy (non-hydrogen) atoms. The van der Waals surface area contributed by atoms with E-state index in [1.54, 1.807) is 6.33 Å². The van der Waals surface area contributed by atoms with Crippen LogP contribution < -0.4 is 0 Å². The highest BCUT2D eigenvalue weighted by molar-refractivity contribution is 9.10. The van der Waals surface area contributed by atoms with Gasteiger partial charge in [0.25, 0.3) is 0 Å². The lowest BCUT2D eigenvalue weighted by Gasteiger charge is -2.58. The van der Waals surface area contributed by atoms with E-state index in [-0.39, 0.29) is 11.5 Å². The molecule has 4 heterocycles. The van der Waals surface area contributed by atoms with Gasteiger partial charge >= 0.3 is 0 Å². The van der Waals surface area contributed by atoms with Gasteiger partial charge in [-0.15, -0.1) is 0 Å². The quantitative estimate of drug-likeness (QED) is 0.377. The standard InChI is InChI=1S/C18H22N2O.C7H5BrN2/c21-17(16-3-1-2-15-10-19-11-20(15)16)18-7-12-4-13(8-18)6-14(5-12)9-18;8-7-3-1-2-6-4-9-5-10(6)7/h1-3,10-14,17,21H,4-9H2;1-5H. The Morgan fingerprint density at radius 3 is 2.00 bits per heavy atom. The van der Waals surface area contributed by atoms with Crippen LogP contribution in [-0.2, 0) is 0 Å². The minimum absolute atomic E-state index is 0.132. The minimum Gasteiger partial charge on any atom is -0.386 e. The molecule has 0 radical (unpaired) electrons. The molecule has 1 unspecified atom stereocenters. The van der Waals surface area contributed by atoms with Crippen LogP contribution in [0.5, 0.6) is 0 Å². The van der Waals surface area contributed by atoms with E-state index in [4.69, 9.17) is 0 Å². The molecule has 4 aromatic rings. The van der Waals surface area contributed by atoms with E-state index in [9.17, 15) is 5.11 Å². The Kier molecular flexibility index (Phi) is 4.69. The highest BCUT2D eigenvalue weighted by Gasteiger charge is 2.54. The zero-order valence-electron chi connectivity index (χ0n) is 17.4. The maximum Gasteiger partial charge on any atom is 0.100 e. The van der Waals surface area contributed by atoms with E-state index < -0.39 is 0 Å². The molecular formula is C25H27BrN4O. The lowest BCUT2D eigenvalue weighted by atomic mass is 9.48. The van der Waals surface area contributed by atoms with Crippen LogP contribution in [0.4, 0.5) is 0 Å². The predicted octanol–water partition coefficient (Wildman–Crippen LogP) is 5.68. The zero-order chi connectivity index (χ0) is 21.0. The molecule has 0 spiro atoms. The molecule has 1 N–H and O–H groups in total. The third-order valence-electron chi connectivity index (χ3n) is 7.82. The topological polar surface area (TPSA) is 54.8 Å². The summed E-state index contributed by atoms with van der Waals surface area (Å²) in [6, 6.07) is 12.2. The van der Waals surface area contributed by atoms with Crippen molar-refractivity contribution in [1.82, 2.24) is 18.8 Å². The maximum absolute atomic E-state index is 11.3. The second kappa shape index (κ2) is 7.45. The first-order valence-corrected chi connectivity index (χ1v) is 12.1. The Balaban J connectivity index is 0.000000156. The zero-order valence-corrected chi connectivity index (χ0v) is 19.0. The Hall–Kier alpha value is -2.18. The summed E-state index contributed by atoms with van der Waals surface area (Å²) in [5.41, 5.74) is 3.35. The summed E-state index contributed by atoms with van der Waals surface area (Å²) < 4.78 is 5.07. The summed E-state index contributed by atoms with van der Waals surface area (Å²) in [4.78, 5) is 8.24. The molecule has 0 aliphatic heterocycles. The lowest BCUT2D eigenvalue weighted by Crippen LogP contribution is -2.49. The molecule has 1 atom stereocenters. The number of rotatable bonds is 2. The number of aromatic nitrogens is 4. The number of hydrogen-bond donors (Lipinski definition) is 1. The molecule has 0 saturated heterocycles. The highest BCUT2D eigenvalue weighted by atomic mass is 79.9. The van der Waals surface area contributed by atoms with Gasteiger partial charge in [-0.25, -0.2) is 9.97 Å². The SMILES string of the molecule is Brc1cccc2cncn12.OC(c1cccc2cncn12)C12CC3CC(CC(C3)C1)C2. The fraction of sp³-hybridized carbons (Fsp3) is 0.440. The van der Waals surface area contributed by atoms with E-state index in [1.165, 1.54) is 38.5 Å². The van der Waals surface area contributed by atoms with Gasteiger partial charge < -0.3 is 9.51 Å². The van der Waals surface area contributed by atoms with E-state index in [1.807, 2.05) is 41.3 Å². The van der Waals surface area contributed by atoms with Gasteiger partial charge in [-0.1, -0.05) is 12.1 Å². The molecule has 0 aromatic carbocycles. The van der Waals surface area contributed by atoms with Gasteiger partial charge in [0.05, 0.1) is 46.2 Å². The van der Waals surface area contributed by atoms with Crippen LogP contribution in [-0.4, -0.2) is 23.9 Å². The Morgan fingerprint density at radius 1 is 0.839 bits per heavy atom. The molecule has 6 heteroatoms. The van der Waals surface area contributed by atoms with Crippen LogP contribution >= 0.6 is 15.9 Å². The molecule has 4 fully saturated rings. The van der Waals surface area contributed by atoms with Gasteiger partial charge in [0, 0.05) is 5.41 Å². The van der Waals surface area contributed by atoms with Crippen LogP contribution in [0, 0.1) is 23.2 Å². The van der Waals surface area contributed by atoms with Crippen molar-refractivity contribution in [3.05, 3.63) is 71.7 Å². The van der Waals surface area contributed by atoms with Gasteiger partial charge in [0.15, 0.2) is 0 Å². The molecule has 4 bridgehead atoms. The molecular weight excluding hydrogens is 452 g/mol. The van der Waals surface area contributed by atoms with Gasteiger partial charge in [-0.05, 0) is 96.5 Å². The van der Waals surface area contributed by atoms with Crippen molar-refractivity contribution >= 4 is 27.0 Å². The smallest absolute Gasteiger partial charge is 0.100 e. The van der Waals surface area contributed by atoms with Crippen LogP contribution in [0.25, 0.3) is 11.0 Å². The van der Waals surface area contributed by atoms with E-state index >= 15 is 0 Å². The summed E-state index contributed by atoms with van der Waals surface area (Å²) in [5, 5.41) is 11.3. The third kappa shape index (κ3) is 3.31. The van der Waals surface area contributed by atoms with E-state index in [2.05, 4.69) is 48.5 Å².